The maximum atomic E-state index is 6.22. The van der Waals surface area contributed by atoms with Crippen LogP contribution >= 0.6 is 0 Å². The van der Waals surface area contributed by atoms with Crippen molar-refractivity contribution >= 4 is 16.5 Å². The number of aromatic nitrogens is 3. The Labute approximate surface area is 215 Å². The van der Waals surface area contributed by atoms with E-state index in [1.165, 1.54) is 5.56 Å². The number of aryl methyl sites for hydroxylation is 1. The van der Waals surface area contributed by atoms with E-state index in [1.54, 1.807) is 0 Å². The topological polar surface area (TPSA) is 51.8 Å². The highest BCUT2D eigenvalue weighted by Gasteiger charge is 2.24. The quantitative estimate of drug-likeness (QED) is 0.258. The second kappa shape index (κ2) is 8.99. The molecule has 0 amide bonds. The molecule has 4 aromatic carbocycles. The van der Waals surface area contributed by atoms with E-state index in [2.05, 4.69) is 60.7 Å². The Morgan fingerprint density at radius 1 is 0.514 bits per heavy atom. The van der Waals surface area contributed by atoms with Crippen LogP contribution in [-0.2, 0) is 6.42 Å². The lowest BCUT2D eigenvalue weighted by Gasteiger charge is -2.14. The smallest absolute Gasteiger partial charge is 0.164 e. The van der Waals surface area contributed by atoms with Gasteiger partial charge in [0.1, 0.15) is 11.3 Å². The number of benzene rings is 4. The first-order valence-electron chi connectivity index (χ1n) is 12.5. The lowest BCUT2D eigenvalue weighted by molar-refractivity contribution is 0.545. The largest absolute Gasteiger partial charge is 0.460 e. The first-order valence-corrected chi connectivity index (χ1v) is 12.5. The monoisotopic (exact) mass is 477 g/mol. The van der Waals surface area contributed by atoms with Gasteiger partial charge in [-0.25, -0.2) is 15.0 Å². The molecule has 0 N–H and O–H groups in total. The number of para-hydroxylation sites is 1. The van der Waals surface area contributed by atoms with Crippen molar-refractivity contribution in [1.29, 1.82) is 0 Å². The van der Waals surface area contributed by atoms with Crippen LogP contribution in [0.25, 0.3) is 50.4 Å². The normalized spacial score (nSPS) is 12.8. The van der Waals surface area contributed by atoms with Crippen molar-refractivity contribution in [3.8, 4) is 33.9 Å². The molecule has 4 heteroatoms. The first-order chi connectivity index (χ1) is 18.3. The van der Waals surface area contributed by atoms with E-state index in [0.717, 1.165) is 57.4 Å². The Hall–Kier alpha value is -4.83. The highest BCUT2D eigenvalue weighted by Crippen LogP contribution is 2.38. The lowest BCUT2D eigenvalue weighted by Crippen LogP contribution is -2.06. The molecule has 176 valence electrons. The van der Waals surface area contributed by atoms with Crippen LogP contribution in [0.5, 0.6) is 0 Å². The zero-order valence-electron chi connectivity index (χ0n) is 20.1. The molecule has 0 aliphatic heterocycles. The van der Waals surface area contributed by atoms with E-state index in [0.29, 0.717) is 17.5 Å². The molecule has 1 aliphatic carbocycles. The molecule has 1 aliphatic rings. The van der Waals surface area contributed by atoms with Crippen LogP contribution in [0.3, 0.4) is 0 Å². The molecule has 7 rings (SSSR count). The molecular formula is C33H23N3O. The maximum absolute atomic E-state index is 6.22. The third-order valence-electron chi connectivity index (χ3n) is 6.82. The second-order valence-corrected chi connectivity index (χ2v) is 9.17. The van der Waals surface area contributed by atoms with Crippen LogP contribution in [0.2, 0.25) is 0 Å². The van der Waals surface area contributed by atoms with Crippen LogP contribution in [0.15, 0.2) is 120 Å². The molecule has 0 saturated heterocycles. The average Bonchev–Trinajstić information content (AvgIpc) is 3.37. The van der Waals surface area contributed by atoms with Gasteiger partial charge in [-0.1, -0.05) is 109 Å². The van der Waals surface area contributed by atoms with Gasteiger partial charge in [-0.2, -0.15) is 0 Å². The van der Waals surface area contributed by atoms with Gasteiger partial charge in [-0.05, 0) is 23.6 Å². The molecule has 0 fully saturated rings. The van der Waals surface area contributed by atoms with Crippen LogP contribution in [0.1, 0.15) is 23.6 Å². The molecule has 2 heterocycles. The molecule has 0 radical (unpaired) electrons. The average molecular weight is 478 g/mol. The number of hydrogen-bond donors (Lipinski definition) is 0. The van der Waals surface area contributed by atoms with Crippen molar-refractivity contribution in [2.24, 2.45) is 0 Å². The summed E-state index contributed by atoms with van der Waals surface area (Å²) in [5.41, 5.74) is 7.25. The second-order valence-electron chi connectivity index (χ2n) is 9.17. The molecule has 0 bridgehead atoms. The van der Waals surface area contributed by atoms with E-state index in [1.807, 2.05) is 54.6 Å². The van der Waals surface area contributed by atoms with Crippen molar-refractivity contribution in [1.82, 2.24) is 15.0 Å². The number of fused-ring (bicyclic) bond motifs is 3. The summed E-state index contributed by atoms with van der Waals surface area (Å²) in [6.07, 6.45) is 3.99. The van der Waals surface area contributed by atoms with Gasteiger partial charge in [0.25, 0.3) is 0 Å². The van der Waals surface area contributed by atoms with Gasteiger partial charge < -0.3 is 4.42 Å². The Balaban J connectivity index is 1.38. The minimum absolute atomic E-state index is 0.657. The summed E-state index contributed by atoms with van der Waals surface area (Å²) >= 11 is 0. The van der Waals surface area contributed by atoms with Crippen LogP contribution in [0.4, 0.5) is 0 Å². The molecule has 0 atom stereocenters. The van der Waals surface area contributed by atoms with Gasteiger partial charge >= 0.3 is 0 Å². The molecule has 4 nitrogen and oxygen atoms in total. The number of furan rings is 1. The van der Waals surface area contributed by atoms with E-state index in [4.69, 9.17) is 19.4 Å². The summed E-state index contributed by atoms with van der Waals surface area (Å²) in [5, 5.41) is 1.10. The summed E-state index contributed by atoms with van der Waals surface area (Å²) in [6, 6.07) is 37.1. The standard InChI is InChI=1S/C33H23N3O/c1-3-10-22(11-4-1)23-18-20-25(21-19-23)32-34-31(24-12-5-2-6-13-24)35-33(36-32)27-15-9-17-29-30(27)26-14-7-8-16-28(26)37-29/h1-8,10-16,18-21H,9,17H2. The minimum atomic E-state index is 0.657. The third-order valence-corrected chi connectivity index (χ3v) is 6.82. The summed E-state index contributed by atoms with van der Waals surface area (Å²) in [6.45, 7) is 0. The lowest BCUT2D eigenvalue weighted by atomic mass is 9.93. The van der Waals surface area contributed by atoms with Gasteiger partial charge in [-0.15, -0.1) is 0 Å². The van der Waals surface area contributed by atoms with Crippen LogP contribution in [-0.4, -0.2) is 15.0 Å². The summed E-state index contributed by atoms with van der Waals surface area (Å²) in [7, 11) is 0. The third kappa shape index (κ3) is 3.93. The Morgan fingerprint density at radius 3 is 1.78 bits per heavy atom. The van der Waals surface area contributed by atoms with Crippen LogP contribution < -0.4 is 0 Å². The van der Waals surface area contributed by atoms with Gasteiger partial charge in [-0.3, -0.25) is 0 Å². The highest BCUT2D eigenvalue weighted by atomic mass is 16.3. The fourth-order valence-electron chi connectivity index (χ4n) is 5.00. The van der Waals surface area contributed by atoms with Crippen molar-refractivity contribution in [2.45, 2.75) is 12.8 Å². The molecule has 0 spiro atoms. The van der Waals surface area contributed by atoms with E-state index >= 15 is 0 Å². The van der Waals surface area contributed by atoms with E-state index in [-0.39, 0.29) is 0 Å². The zero-order valence-corrected chi connectivity index (χ0v) is 20.1. The first kappa shape index (κ1) is 21.5. The summed E-state index contributed by atoms with van der Waals surface area (Å²) in [4.78, 5) is 14.9. The van der Waals surface area contributed by atoms with Crippen molar-refractivity contribution in [3.05, 3.63) is 132 Å². The van der Waals surface area contributed by atoms with Gasteiger partial charge in [0.15, 0.2) is 17.5 Å². The number of allylic oxidation sites excluding steroid dienone is 1. The fraction of sp³-hybridized carbons (Fsp3) is 0.0606. The SMILES string of the molecule is C1=C(c2nc(-c3ccccc3)nc(-c3ccc(-c4ccccc4)cc3)n2)c2c(oc3ccccc23)CC1. The molecule has 2 aromatic heterocycles. The zero-order chi connectivity index (χ0) is 24.6. The van der Waals surface area contributed by atoms with Crippen molar-refractivity contribution in [3.63, 3.8) is 0 Å². The number of hydrogen-bond acceptors (Lipinski definition) is 4. The Bertz CT molecular complexity index is 1750. The number of nitrogens with zero attached hydrogens (tertiary/aromatic N) is 3. The Kier molecular flexibility index (Phi) is 5.21. The summed E-state index contributed by atoms with van der Waals surface area (Å²) < 4.78 is 6.22. The fourth-order valence-corrected chi connectivity index (χ4v) is 5.00. The Morgan fingerprint density at radius 2 is 1.05 bits per heavy atom. The van der Waals surface area contributed by atoms with Crippen molar-refractivity contribution in [2.75, 3.05) is 0 Å². The van der Waals surface area contributed by atoms with Gasteiger partial charge in [0.2, 0.25) is 0 Å². The van der Waals surface area contributed by atoms with E-state index < -0.39 is 0 Å². The molecule has 37 heavy (non-hydrogen) atoms. The molecule has 0 saturated carbocycles. The molecular weight excluding hydrogens is 454 g/mol. The van der Waals surface area contributed by atoms with Gasteiger partial charge in [0.05, 0.1) is 0 Å². The van der Waals surface area contributed by atoms with E-state index in [9.17, 15) is 0 Å². The van der Waals surface area contributed by atoms with Crippen molar-refractivity contribution < 1.29 is 4.42 Å². The maximum Gasteiger partial charge on any atom is 0.164 e. The minimum Gasteiger partial charge on any atom is -0.460 e. The van der Waals surface area contributed by atoms with Crippen LogP contribution in [0, 0.1) is 0 Å². The molecule has 0 unspecified atom stereocenters. The summed E-state index contributed by atoms with van der Waals surface area (Å²) in [5.74, 6) is 2.98. The molecule has 6 aromatic rings. The highest BCUT2D eigenvalue weighted by molar-refractivity contribution is 5.97. The number of rotatable bonds is 4. The predicted molar refractivity (Wildman–Crippen MR) is 148 cm³/mol. The predicted octanol–water partition coefficient (Wildman–Crippen LogP) is 8.00. The van der Waals surface area contributed by atoms with Gasteiger partial charge in [0, 0.05) is 34.1 Å².